The number of nitrogens with two attached hydrogens (primary N) is 1. The van der Waals surface area contributed by atoms with Gasteiger partial charge in [-0.1, -0.05) is 12.8 Å². The van der Waals surface area contributed by atoms with Gasteiger partial charge in [0, 0.05) is 12.1 Å². The molecule has 0 aromatic heterocycles. The molecule has 3 N–H and O–H groups in total. The first-order valence-electron chi connectivity index (χ1n) is 6.60. The third-order valence-electron chi connectivity index (χ3n) is 3.64. The lowest BCUT2D eigenvalue weighted by molar-refractivity contribution is -0.384. The third-order valence-corrected chi connectivity index (χ3v) is 3.64. The van der Waals surface area contributed by atoms with Gasteiger partial charge in [-0.15, -0.1) is 0 Å². The fraction of sp³-hybridized carbons (Fsp3) is 0.462. The van der Waals surface area contributed by atoms with Gasteiger partial charge in [0.2, 0.25) is 5.91 Å². The van der Waals surface area contributed by atoms with Gasteiger partial charge < -0.3 is 11.1 Å². The highest BCUT2D eigenvalue weighted by Gasteiger charge is 2.31. The summed E-state index contributed by atoms with van der Waals surface area (Å²) in [7, 11) is 0. The summed E-state index contributed by atoms with van der Waals surface area (Å²) in [6.07, 6.45) is 2.95. The molecule has 0 spiro atoms. The summed E-state index contributed by atoms with van der Waals surface area (Å²) < 4.78 is 26.8. The van der Waals surface area contributed by atoms with Crippen LogP contribution in [0.15, 0.2) is 12.1 Å². The molecular weight excluding hydrogens is 284 g/mol. The number of hydrogen-bond acceptors (Lipinski definition) is 4. The molecule has 21 heavy (non-hydrogen) atoms. The van der Waals surface area contributed by atoms with Crippen molar-refractivity contribution in [3.8, 4) is 0 Å². The molecule has 1 amide bonds. The third kappa shape index (κ3) is 3.33. The molecule has 6 nitrogen and oxygen atoms in total. The molecule has 0 bridgehead atoms. The average Bonchev–Trinajstić information content (AvgIpc) is 2.41. The topological polar surface area (TPSA) is 98.3 Å². The molecule has 1 saturated carbocycles. The van der Waals surface area contributed by atoms with Gasteiger partial charge in [-0.3, -0.25) is 14.9 Å². The fourth-order valence-electron chi connectivity index (χ4n) is 2.53. The van der Waals surface area contributed by atoms with E-state index >= 15 is 0 Å². The highest BCUT2D eigenvalue weighted by Crippen LogP contribution is 2.31. The minimum absolute atomic E-state index is 0.360. The highest BCUT2D eigenvalue weighted by atomic mass is 19.1. The molecule has 2 unspecified atom stereocenters. The Balaban J connectivity index is 2.26. The lowest BCUT2D eigenvalue weighted by Gasteiger charge is -2.27. The largest absolute Gasteiger partial charge is 0.327 e. The first kappa shape index (κ1) is 15.3. The van der Waals surface area contributed by atoms with Gasteiger partial charge in [-0.25, -0.2) is 8.78 Å². The first-order chi connectivity index (χ1) is 9.90. The smallest absolute Gasteiger partial charge is 0.298 e. The van der Waals surface area contributed by atoms with Crippen LogP contribution in [0, 0.1) is 27.7 Å². The fourth-order valence-corrected chi connectivity index (χ4v) is 2.53. The molecule has 2 atom stereocenters. The Morgan fingerprint density at radius 3 is 2.62 bits per heavy atom. The van der Waals surface area contributed by atoms with Crippen molar-refractivity contribution in [2.24, 2.45) is 11.7 Å². The lowest BCUT2D eigenvalue weighted by atomic mass is 9.84. The maximum absolute atomic E-state index is 13.7. The molecule has 114 valence electrons. The molecule has 1 aliphatic carbocycles. The van der Waals surface area contributed by atoms with Crippen molar-refractivity contribution in [1.29, 1.82) is 0 Å². The number of anilines is 1. The van der Waals surface area contributed by atoms with Crippen molar-refractivity contribution in [2.75, 3.05) is 5.32 Å². The Labute approximate surface area is 119 Å². The predicted molar refractivity (Wildman–Crippen MR) is 71.6 cm³/mol. The normalized spacial score (nSPS) is 21.9. The quantitative estimate of drug-likeness (QED) is 0.661. The summed E-state index contributed by atoms with van der Waals surface area (Å²) in [5.41, 5.74) is 4.41. The summed E-state index contributed by atoms with van der Waals surface area (Å²) in [6.45, 7) is 0. The number of amides is 1. The second kappa shape index (κ2) is 6.13. The molecule has 1 aromatic carbocycles. The maximum Gasteiger partial charge on any atom is 0.298 e. The van der Waals surface area contributed by atoms with E-state index in [1.165, 1.54) is 0 Å². The van der Waals surface area contributed by atoms with Crippen molar-refractivity contribution in [1.82, 2.24) is 0 Å². The van der Waals surface area contributed by atoms with E-state index < -0.39 is 39.8 Å². The van der Waals surface area contributed by atoms with E-state index in [4.69, 9.17) is 5.73 Å². The Hall–Kier alpha value is -2.09. The summed E-state index contributed by atoms with van der Waals surface area (Å²) in [6, 6.07) is 0.699. The zero-order valence-electron chi connectivity index (χ0n) is 11.1. The molecular formula is C13H15F2N3O3. The summed E-state index contributed by atoms with van der Waals surface area (Å²) >= 11 is 0. The van der Waals surface area contributed by atoms with E-state index in [1.54, 1.807) is 0 Å². The first-order valence-corrected chi connectivity index (χ1v) is 6.60. The second-order valence-electron chi connectivity index (χ2n) is 5.08. The Bertz CT molecular complexity index is 580. The number of carbonyl (C=O) groups is 1. The molecule has 0 aliphatic heterocycles. The molecule has 8 heteroatoms. The van der Waals surface area contributed by atoms with Gasteiger partial charge in [0.25, 0.3) is 5.69 Å². The molecule has 0 heterocycles. The van der Waals surface area contributed by atoms with Crippen LogP contribution in [-0.2, 0) is 4.79 Å². The Kier molecular flexibility index (Phi) is 4.46. The molecule has 2 rings (SSSR count). The zero-order valence-corrected chi connectivity index (χ0v) is 11.1. The summed E-state index contributed by atoms with van der Waals surface area (Å²) in [5.74, 6) is -3.36. The number of halogens is 2. The van der Waals surface area contributed by atoms with Crippen LogP contribution in [0.2, 0.25) is 0 Å². The standard InChI is InChI=1S/C13H15F2N3O3/c14-7-5-9(15)12(11(6-7)18(20)21)17-13(19)8-3-1-2-4-10(8)16/h5-6,8,10H,1-4,16H2,(H,17,19). The van der Waals surface area contributed by atoms with Crippen LogP contribution in [0.3, 0.4) is 0 Å². The van der Waals surface area contributed by atoms with Crippen molar-refractivity contribution in [2.45, 2.75) is 31.7 Å². The molecule has 1 aliphatic rings. The van der Waals surface area contributed by atoms with E-state index in [9.17, 15) is 23.7 Å². The van der Waals surface area contributed by atoms with E-state index in [0.29, 0.717) is 25.0 Å². The van der Waals surface area contributed by atoms with E-state index in [0.717, 1.165) is 12.8 Å². The number of benzene rings is 1. The predicted octanol–water partition coefficient (Wildman–Crippen LogP) is 2.33. The minimum atomic E-state index is -1.18. The lowest BCUT2D eigenvalue weighted by Crippen LogP contribution is -2.40. The number of nitro groups is 1. The van der Waals surface area contributed by atoms with Crippen LogP contribution in [0.4, 0.5) is 20.2 Å². The average molecular weight is 299 g/mol. The SMILES string of the molecule is NC1CCCCC1C(=O)Nc1c(F)cc(F)cc1[N+](=O)[O-]. The van der Waals surface area contributed by atoms with Crippen LogP contribution in [-0.4, -0.2) is 16.9 Å². The van der Waals surface area contributed by atoms with E-state index in [1.807, 2.05) is 0 Å². The van der Waals surface area contributed by atoms with Gasteiger partial charge >= 0.3 is 0 Å². The Morgan fingerprint density at radius 1 is 1.33 bits per heavy atom. The zero-order chi connectivity index (χ0) is 15.6. The van der Waals surface area contributed by atoms with Crippen LogP contribution in [0.1, 0.15) is 25.7 Å². The number of hydrogen-bond donors (Lipinski definition) is 2. The van der Waals surface area contributed by atoms with Crippen molar-refractivity contribution < 1.29 is 18.5 Å². The number of carbonyl (C=O) groups excluding carboxylic acids is 1. The highest BCUT2D eigenvalue weighted by molar-refractivity contribution is 5.95. The van der Waals surface area contributed by atoms with Gasteiger partial charge in [0.1, 0.15) is 5.82 Å². The number of nitro benzene ring substituents is 1. The summed E-state index contributed by atoms with van der Waals surface area (Å²) in [5, 5.41) is 13.0. The molecule has 1 aromatic rings. The van der Waals surface area contributed by atoms with Crippen LogP contribution < -0.4 is 11.1 Å². The Morgan fingerprint density at radius 2 is 2.00 bits per heavy atom. The van der Waals surface area contributed by atoms with Crippen LogP contribution in [0.25, 0.3) is 0 Å². The van der Waals surface area contributed by atoms with Gasteiger partial charge in [0.15, 0.2) is 11.5 Å². The minimum Gasteiger partial charge on any atom is -0.327 e. The van der Waals surface area contributed by atoms with Gasteiger partial charge in [-0.2, -0.15) is 0 Å². The van der Waals surface area contributed by atoms with Crippen molar-refractivity contribution in [3.63, 3.8) is 0 Å². The van der Waals surface area contributed by atoms with E-state index in [-0.39, 0.29) is 6.04 Å². The number of nitrogens with one attached hydrogen (secondary N) is 1. The monoisotopic (exact) mass is 299 g/mol. The number of nitrogens with zero attached hydrogens (tertiary/aromatic N) is 1. The second-order valence-corrected chi connectivity index (χ2v) is 5.08. The van der Waals surface area contributed by atoms with Crippen LogP contribution in [0.5, 0.6) is 0 Å². The van der Waals surface area contributed by atoms with Gasteiger partial charge in [-0.05, 0) is 12.8 Å². The van der Waals surface area contributed by atoms with E-state index in [2.05, 4.69) is 5.32 Å². The van der Waals surface area contributed by atoms with Crippen LogP contribution >= 0.6 is 0 Å². The van der Waals surface area contributed by atoms with Crippen molar-refractivity contribution >= 4 is 17.3 Å². The summed E-state index contributed by atoms with van der Waals surface area (Å²) in [4.78, 5) is 22.0. The molecule has 0 radical (unpaired) electrons. The number of rotatable bonds is 3. The van der Waals surface area contributed by atoms with Crippen molar-refractivity contribution in [3.05, 3.63) is 33.9 Å². The molecule has 0 saturated heterocycles. The maximum atomic E-state index is 13.7. The van der Waals surface area contributed by atoms with Gasteiger partial charge in [0.05, 0.1) is 16.9 Å². The molecule has 1 fully saturated rings.